The first-order valence-electron chi connectivity index (χ1n) is 9.13. The molecule has 1 saturated heterocycles. The molecule has 0 bridgehead atoms. The van der Waals surface area contributed by atoms with E-state index in [1.807, 2.05) is 19.1 Å². The topological polar surface area (TPSA) is 79.5 Å². The lowest BCUT2D eigenvalue weighted by atomic mass is 10.1. The molecule has 28 heavy (non-hydrogen) atoms. The molecule has 0 unspecified atom stereocenters. The fraction of sp³-hybridized carbons (Fsp3) is 0.238. The second-order valence-corrected chi connectivity index (χ2v) is 6.68. The average molecular weight is 376 g/mol. The van der Waals surface area contributed by atoms with Crippen LogP contribution in [0.1, 0.15) is 11.3 Å². The molecule has 7 nitrogen and oxygen atoms in total. The van der Waals surface area contributed by atoms with Crippen molar-refractivity contribution in [3.05, 3.63) is 70.5 Å². The van der Waals surface area contributed by atoms with Crippen molar-refractivity contribution in [2.75, 3.05) is 31.1 Å². The molecule has 4 rings (SSSR count). The molecule has 3 aromatic rings. The first kappa shape index (κ1) is 17.9. The lowest BCUT2D eigenvalue weighted by Crippen LogP contribution is -2.48. The third-order valence-electron chi connectivity index (χ3n) is 4.82. The van der Waals surface area contributed by atoms with Crippen molar-refractivity contribution in [2.45, 2.75) is 6.92 Å². The predicted octanol–water partition coefficient (Wildman–Crippen LogP) is 2.25. The summed E-state index contributed by atoms with van der Waals surface area (Å²) in [5.74, 6) is 0.759. The van der Waals surface area contributed by atoms with Crippen molar-refractivity contribution >= 4 is 28.8 Å². The van der Waals surface area contributed by atoms with Crippen LogP contribution in [0.2, 0.25) is 0 Å². The van der Waals surface area contributed by atoms with E-state index in [1.165, 1.54) is 18.4 Å². The molecule has 0 spiro atoms. The van der Waals surface area contributed by atoms with Crippen LogP contribution >= 0.6 is 0 Å². The van der Waals surface area contributed by atoms with E-state index in [-0.39, 0.29) is 11.3 Å². The lowest BCUT2D eigenvalue weighted by molar-refractivity contribution is -0.126. The number of amides is 1. The normalized spacial score (nSPS) is 14.8. The van der Waals surface area contributed by atoms with Crippen molar-refractivity contribution in [3.63, 3.8) is 0 Å². The van der Waals surface area contributed by atoms with Gasteiger partial charge in [0.1, 0.15) is 24.0 Å². The summed E-state index contributed by atoms with van der Waals surface area (Å²) in [6.45, 7) is 4.53. The maximum absolute atomic E-state index is 12.5. The molecule has 1 aliphatic heterocycles. The minimum atomic E-state index is -0.144. The van der Waals surface area contributed by atoms with Gasteiger partial charge in [-0.3, -0.25) is 9.59 Å². The number of hydrogen-bond acceptors (Lipinski definition) is 6. The van der Waals surface area contributed by atoms with Gasteiger partial charge in [-0.15, -0.1) is 0 Å². The maximum Gasteiger partial charge on any atom is 0.246 e. The van der Waals surface area contributed by atoms with Gasteiger partial charge in [0.2, 0.25) is 5.91 Å². The van der Waals surface area contributed by atoms with E-state index in [0.717, 1.165) is 11.5 Å². The molecule has 1 aliphatic rings. The third kappa shape index (κ3) is 3.64. The van der Waals surface area contributed by atoms with Gasteiger partial charge in [-0.25, -0.2) is 9.97 Å². The third-order valence-corrected chi connectivity index (χ3v) is 4.82. The Bertz CT molecular complexity index is 1100. The zero-order chi connectivity index (χ0) is 19.5. The van der Waals surface area contributed by atoms with Gasteiger partial charge in [0.25, 0.3) is 0 Å². The van der Waals surface area contributed by atoms with Gasteiger partial charge in [-0.2, -0.15) is 0 Å². The van der Waals surface area contributed by atoms with E-state index < -0.39 is 0 Å². The first-order chi connectivity index (χ1) is 13.6. The largest absolute Gasteiger partial charge is 0.463 e. The van der Waals surface area contributed by atoms with E-state index >= 15 is 0 Å². The van der Waals surface area contributed by atoms with E-state index in [2.05, 4.69) is 14.9 Å². The van der Waals surface area contributed by atoms with Crippen LogP contribution in [0.3, 0.4) is 0 Å². The molecule has 0 saturated carbocycles. The SMILES string of the molecule is Cc1cc(N2CCN(C(=O)/C=C/c3coc4ccccc4c3=O)CC2)ncn1. The maximum atomic E-state index is 12.5. The van der Waals surface area contributed by atoms with E-state index in [9.17, 15) is 9.59 Å². The van der Waals surface area contributed by atoms with Crippen LogP contribution in [0, 0.1) is 6.92 Å². The molecular formula is C21H20N4O3. The van der Waals surface area contributed by atoms with Crippen molar-refractivity contribution in [1.29, 1.82) is 0 Å². The number of carbonyl (C=O) groups is 1. The minimum absolute atomic E-state index is 0.119. The van der Waals surface area contributed by atoms with Gasteiger partial charge < -0.3 is 14.2 Å². The average Bonchev–Trinajstić information content (AvgIpc) is 2.73. The number of fused-ring (bicyclic) bond motifs is 1. The Morgan fingerprint density at radius 2 is 1.93 bits per heavy atom. The molecule has 1 amide bonds. The van der Waals surface area contributed by atoms with Crippen molar-refractivity contribution in [1.82, 2.24) is 14.9 Å². The zero-order valence-corrected chi connectivity index (χ0v) is 15.5. The summed E-state index contributed by atoms with van der Waals surface area (Å²) in [6.07, 6.45) is 5.91. The number of carbonyl (C=O) groups excluding carboxylic acids is 1. The van der Waals surface area contributed by atoms with Gasteiger partial charge in [-0.1, -0.05) is 12.1 Å². The van der Waals surface area contributed by atoms with E-state index in [4.69, 9.17) is 4.42 Å². The van der Waals surface area contributed by atoms with Gasteiger partial charge in [0.05, 0.1) is 10.9 Å². The zero-order valence-electron chi connectivity index (χ0n) is 15.5. The Hall–Kier alpha value is -3.48. The number of rotatable bonds is 3. The van der Waals surface area contributed by atoms with E-state index in [0.29, 0.717) is 42.7 Å². The number of benzene rings is 1. The predicted molar refractivity (Wildman–Crippen MR) is 107 cm³/mol. The molecule has 142 valence electrons. The second kappa shape index (κ2) is 7.64. The van der Waals surface area contributed by atoms with Crippen molar-refractivity contribution < 1.29 is 9.21 Å². The van der Waals surface area contributed by atoms with Crippen LogP contribution in [-0.2, 0) is 4.79 Å². The molecule has 7 heteroatoms. The highest BCUT2D eigenvalue weighted by molar-refractivity contribution is 5.92. The summed E-state index contributed by atoms with van der Waals surface area (Å²) in [5.41, 5.74) is 1.67. The lowest BCUT2D eigenvalue weighted by Gasteiger charge is -2.34. The highest BCUT2D eigenvalue weighted by Crippen LogP contribution is 2.14. The molecule has 1 aromatic carbocycles. The minimum Gasteiger partial charge on any atom is -0.463 e. The van der Waals surface area contributed by atoms with Crippen LogP contribution < -0.4 is 10.3 Å². The Kier molecular flexibility index (Phi) is 4.89. The van der Waals surface area contributed by atoms with E-state index in [1.54, 1.807) is 29.4 Å². The van der Waals surface area contributed by atoms with Crippen molar-refractivity contribution in [3.8, 4) is 0 Å². The van der Waals surface area contributed by atoms with Gasteiger partial charge >= 0.3 is 0 Å². The quantitative estimate of drug-likeness (QED) is 0.653. The molecule has 3 heterocycles. The number of hydrogen-bond donors (Lipinski definition) is 0. The van der Waals surface area contributed by atoms with Gasteiger partial charge in [-0.05, 0) is 25.1 Å². The standard InChI is InChI=1S/C21H20N4O3/c1-15-12-19(23-14-22-15)24-8-10-25(11-9-24)20(26)7-6-16-13-28-18-5-3-2-4-17(18)21(16)27/h2-7,12-14H,8-11H2,1H3/b7-6+. The first-order valence-corrected chi connectivity index (χ1v) is 9.13. The highest BCUT2D eigenvalue weighted by atomic mass is 16.3. The molecular weight excluding hydrogens is 356 g/mol. The number of piperazine rings is 1. The van der Waals surface area contributed by atoms with Gasteiger partial charge in [0, 0.05) is 44.0 Å². The number of aryl methyl sites for hydroxylation is 1. The Balaban J connectivity index is 1.42. The van der Waals surface area contributed by atoms with Crippen LogP contribution in [0.25, 0.3) is 17.0 Å². The summed E-state index contributed by atoms with van der Waals surface area (Å²) in [7, 11) is 0. The highest BCUT2D eigenvalue weighted by Gasteiger charge is 2.20. The summed E-state index contributed by atoms with van der Waals surface area (Å²) >= 11 is 0. The Morgan fingerprint density at radius 1 is 1.14 bits per heavy atom. The Labute approximate surface area is 161 Å². The molecule has 0 aliphatic carbocycles. The van der Waals surface area contributed by atoms with Crippen LogP contribution in [0.5, 0.6) is 0 Å². The summed E-state index contributed by atoms with van der Waals surface area (Å²) in [4.78, 5) is 37.3. The monoisotopic (exact) mass is 376 g/mol. The molecule has 1 fully saturated rings. The van der Waals surface area contributed by atoms with Crippen LogP contribution in [-0.4, -0.2) is 47.0 Å². The smallest absolute Gasteiger partial charge is 0.246 e. The van der Waals surface area contributed by atoms with Crippen LogP contribution in [0.15, 0.2) is 58.2 Å². The molecule has 0 atom stereocenters. The molecule has 0 radical (unpaired) electrons. The number of nitrogens with zero attached hydrogens (tertiary/aromatic N) is 4. The molecule has 2 aromatic heterocycles. The second-order valence-electron chi connectivity index (χ2n) is 6.68. The number of anilines is 1. The summed E-state index contributed by atoms with van der Waals surface area (Å²) in [6, 6.07) is 9.00. The van der Waals surface area contributed by atoms with Crippen molar-refractivity contribution in [2.24, 2.45) is 0 Å². The fourth-order valence-electron chi connectivity index (χ4n) is 3.24. The Morgan fingerprint density at radius 3 is 2.71 bits per heavy atom. The molecule has 0 N–H and O–H groups in total. The summed E-state index contributed by atoms with van der Waals surface area (Å²) < 4.78 is 5.48. The number of aromatic nitrogens is 2. The van der Waals surface area contributed by atoms with Crippen LogP contribution in [0.4, 0.5) is 5.82 Å². The summed E-state index contributed by atoms with van der Waals surface area (Å²) in [5, 5.41) is 0.505. The fourth-order valence-corrected chi connectivity index (χ4v) is 3.24. The van der Waals surface area contributed by atoms with Gasteiger partial charge in [0.15, 0.2) is 5.43 Å². The number of para-hydroxylation sites is 1.